The molecule has 0 saturated carbocycles. The molecule has 6 heteroatoms. The summed E-state index contributed by atoms with van der Waals surface area (Å²) in [4.78, 5) is 4.30. The number of rotatable bonds is 5. The minimum absolute atomic E-state index is 0.0117. The number of nitriles is 1. The first-order chi connectivity index (χ1) is 14.2. The van der Waals surface area contributed by atoms with Crippen LogP contribution in [-0.2, 0) is 0 Å². The molecule has 0 unspecified atom stereocenters. The zero-order valence-electron chi connectivity index (χ0n) is 15.7. The second kappa shape index (κ2) is 7.79. The maximum atomic E-state index is 10.2. The van der Waals surface area contributed by atoms with Gasteiger partial charge in [0.15, 0.2) is 11.5 Å². The van der Waals surface area contributed by atoms with Crippen LogP contribution in [0.5, 0.6) is 11.5 Å². The normalized spacial score (nSPS) is 10.3. The number of fused-ring (bicyclic) bond motifs is 1. The van der Waals surface area contributed by atoms with E-state index in [1.807, 2.05) is 54.6 Å². The summed E-state index contributed by atoms with van der Waals surface area (Å²) in [5, 5.41) is 26.9. The lowest BCUT2D eigenvalue weighted by Crippen LogP contribution is -1.98. The van der Waals surface area contributed by atoms with Crippen molar-refractivity contribution >= 4 is 33.7 Å². The van der Waals surface area contributed by atoms with Crippen LogP contribution >= 0.6 is 0 Å². The maximum Gasteiger partial charge on any atom is 0.162 e. The van der Waals surface area contributed by atoms with E-state index in [2.05, 4.69) is 21.7 Å². The second-order valence-corrected chi connectivity index (χ2v) is 6.39. The van der Waals surface area contributed by atoms with Gasteiger partial charge in [-0.25, -0.2) is 0 Å². The number of nitrogens with one attached hydrogen (secondary N) is 2. The van der Waals surface area contributed by atoms with E-state index in [1.165, 1.54) is 13.3 Å². The van der Waals surface area contributed by atoms with Gasteiger partial charge >= 0.3 is 0 Å². The fourth-order valence-electron chi connectivity index (χ4n) is 3.06. The molecule has 0 aliphatic carbocycles. The third-order valence-corrected chi connectivity index (χ3v) is 4.51. The zero-order valence-corrected chi connectivity index (χ0v) is 15.7. The quantitative estimate of drug-likeness (QED) is 0.433. The number of ether oxygens (including phenoxy) is 1. The average molecular weight is 382 g/mol. The van der Waals surface area contributed by atoms with Gasteiger partial charge in [-0.3, -0.25) is 4.98 Å². The van der Waals surface area contributed by atoms with Crippen molar-refractivity contribution < 1.29 is 9.84 Å². The second-order valence-electron chi connectivity index (χ2n) is 6.39. The third kappa shape index (κ3) is 3.75. The number of phenols is 1. The molecule has 0 atom stereocenters. The van der Waals surface area contributed by atoms with Gasteiger partial charge in [0.2, 0.25) is 0 Å². The Morgan fingerprint density at radius 3 is 2.24 bits per heavy atom. The Balaban J connectivity index is 1.66. The molecule has 4 aromatic rings. The summed E-state index contributed by atoms with van der Waals surface area (Å²) in [6, 6.07) is 23.0. The smallest absolute Gasteiger partial charge is 0.162 e. The van der Waals surface area contributed by atoms with Gasteiger partial charge in [0.1, 0.15) is 6.07 Å². The molecule has 0 spiro atoms. The van der Waals surface area contributed by atoms with E-state index in [4.69, 9.17) is 4.74 Å². The summed E-state index contributed by atoms with van der Waals surface area (Å²) in [7, 11) is 1.48. The summed E-state index contributed by atoms with van der Waals surface area (Å²) < 4.78 is 5.15. The predicted octanol–water partition coefficient (Wildman–Crippen LogP) is 5.31. The molecule has 0 radical (unpaired) electrons. The van der Waals surface area contributed by atoms with Gasteiger partial charge in [0.05, 0.1) is 23.9 Å². The number of aromatic hydroxyl groups is 1. The van der Waals surface area contributed by atoms with Crippen LogP contribution in [0.2, 0.25) is 0 Å². The minimum Gasteiger partial charge on any atom is -0.504 e. The fourth-order valence-corrected chi connectivity index (χ4v) is 3.06. The lowest BCUT2D eigenvalue weighted by molar-refractivity contribution is 0.374. The van der Waals surface area contributed by atoms with Crippen LogP contribution in [0.4, 0.5) is 22.7 Å². The number of para-hydroxylation sites is 1. The molecule has 0 aliphatic rings. The Bertz CT molecular complexity index is 1200. The van der Waals surface area contributed by atoms with Gasteiger partial charge in [0, 0.05) is 34.7 Å². The van der Waals surface area contributed by atoms with Crippen molar-refractivity contribution in [3.8, 4) is 17.6 Å². The number of pyridine rings is 1. The van der Waals surface area contributed by atoms with E-state index >= 15 is 0 Å². The van der Waals surface area contributed by atoms with Crippen LogP contribution in [-0.4, -0.2) is 17.2 Å². The number of phenolic OH excluding ortho intramolecular Hbond substituents is 1. The molecule has 6 nitrogen and oxygen atoms in total. The van der Waals surface area contributed by atoms with Crippen LogP contribution in [0, 0.1) is 11.3 Å². The number of methoxy groups -OCH3 is 1. The lowest BCUT2D eigenvalue weighted by Gasteiger charge is -2.14. The minimum atomic E-state index is -0.0117. The van der Waals surface area contributed by atoms with Crippen molar-refractivity contribution in [1.29, 1.82) is 5.26 Å². The van der Waals surface area contributed by atoms with Crippen molar-refractivity contribution in [1.82, 2.24) is 4.98 Å². The maximum absolute atomic E-state index is 10.2. The average Bonchev–Trinajstić information content (AvgIpc) is 2.76. The van der Waals surface area contributed by atoms with Gasteiger partial charge in [-0.05, 0) is 42.5 Å². The first-order valence-electron chi connectivity index (χ1n) is 8.97. The van der Waals surface area contributed by atoms with E-state index in [1.54, 1.807) is 12.1 Å². The summed E-state index contributed by atoms with van der Waals surface area (Å²) in [6.45, 7) is 0. The SMILES string of the molecule is COc1cc2ncc(C#N)c(Nc3ccc(Nc4ccccc4)cc3)c2cc1O. The molecule has 142 valence electrons. The largest absolute Gasteiger partial charge is 0.504 e. The van der Waals surface area contributed by atoms with Crippen LogP contribution in [0.15, 0.2) is 72.9 Å². The number of nitrogens with zero attached hydrogens (tertiary/aromatic N) is 2. The van der Waals surface area contributed by atoms with Crippen molar-refractivity contribution in [3.05, 3.63) is 78.5 Å². The van der Waals surface area contributed by atoms with Gasteiger partial charge in [-0.15, -0.1) is 0 Å². The predicted molar refractivity (Wildman–Crippen MR) is 114 cm³/mol. The molecule has 0 amide bonds. The lowest BCUT2D eigenvalue weighted by atomic mass is 10.1. The Hall–Kier alpha value is -4.24. The summed E-state index contributed by atoms with van der Waals surface area (Å²) in [5.74, 6) is 0.319. The van der Waals surface area contributed by atoms with Gasteiger partial charge in [0.25, 0.3) is 0 Å². The van der Waals surface area contributed by atoms with Crippen molar-refractivity contribution in [2.24, 2.45) is 0 Å². The first kappa shape index (κ1) is 18.1. The van der Waals surface area contributed by atoms with E-state index in [0.717, 1.165) is 17.1 Å². The number of anilines is 4. The van der Waals surface area contributed by atoms with E-state index < -0.39 is 0 Å². The van der Waals surface area contributed by atoms with Gasteiger partial charge in [-0.1, -0.05) is 18.2 Å². The first-order valence-corrected chi connectivity index (χ1v) is 8.97. The molecule has 1 heterocycles. The number of benzene rings is 3. The molecule has 0 aliphatic heterocycles. The molecule has 3 aromatic carbocycles. The number of hydrogen-bond donors (Lipinski definition) is 3. The Morgan fingerprint density at radius 1 is 0.931 bits per heavy atom. The molecule has 1 aromatic heterocycles. The van der Waals surface area contributed by atoms with Crippen LogP contribution in [0.1, 0.15) is 5.56 Å². The highest BCUT2D eigenvalue weighted by Gasteiger charge is 2.13. The molecule has 29 heavy (non-hydrogen) atoms. The van der Waals surface area contributed by atoms with Crippen molar-refractivity contribution in [2.75, 3.05) is 17.7 Å². The zero-order chi connectivity index (χ0) is 20.2. The molecular formula is C23H18N4O2. The fraction of sp³-hybridized carbons (Fsp3) is 0.0435. The van der Waals surface area contributed by atoms with Crippen molar-refractivity contribution in [3.63, 3.8) is 0 Å². The standard InChI is InChI=1S/C23H18N4O2/c1-29-22-12-20-19(11-21(22)28)23(15(13-24)14-25-20)27-18-9-7-17(8-10-18)26-16-5-3-2-4-6-16/h2-12,14,26,28H,1H3,(H,25,27). The monoisotopic (exact) mass is 382 g/mol. The molecule has 3 N–H and O–H groups in total. The molecule has 4 rings (SSSR count). The van der Waals surface area contributed by atoms with Gasteiger partial charge < -0.3 is 20.5 Å². The summed E-state index contributed by atoms with van der Waals surface area (Å²) in [5.41, 5.74) is 4.34. The van der Waals surface area contributed by atoms with Crippen LogP contribution < -0.4 is 15.4 Å². The van der Waals surface area contributed by atoms with E-state index in [0.29, 0.717) is 27.9 Å². The van der Waals surface area contributed by atoms with Crippen molar-refractivity contribution in [2.45, 2.75) is 0 Å². The Morgan fingerprint density at radius 2 is 1.59 bits per heavy atom. The number of aromatic nitrogens is 1. The van der Waals surface area contributed by atoms with Gasteiger partial charge in [-0.2, -0.15) is 5.26 Å². The molecule has 0 bridgehead atoms. The molecular weight excluding hydrogens is 364 g/mol. The summed E-state index contributed by atoms with van der Waals surface area (Å²) in [6.07, 6.45) is 1.51. The molecule has 0 fully saturated rings. The Labute approximate surface area is 168 Å². The van der Waals surface area contributed by atoms with Crippen LogP contribution in [0.25, 0.3) is 10.9 Å². The van der Waals surface area contributed by atoms with Crippen LogP contribution in [0.3, 0.4) is 0 Å². The highest BCUT2D eigenvalue weighted by Crippen LogP contribution is 2.36. The third-order valence-electron chi connectivity index (χ3n) is 4.51. The Kier molecular flexibility index (Phi) is 4.87. The summed E-state index contributed by atoms with van der Waals surface area (Å²) >= 11 is 0. The van der Waals surface area contributed by atoms with E-state index in [-0.39, 0.29) is 5.75 Å². The highest BCUT2D eigenvalue weighted by atomic mass is 16.5. The topological polar surface area (TPSA) is 90.2 Å². The van der Waals surface area contributed by atoms with E-state index in [9.17, 15) is 10.4 Å². The molecule has 0 saturated heterocycles. The number of hydrogen-bond acceptors (Lipinski definition) is 6. The highest BCUT2D eigenvalue weighted by molar-refractivity contribution is 5.97.